The molecule has 19 heavy (non-hydrogen) atoms. The van der Waals surface area contributed by atoms with E-state index in [0.717, 1.165) is 25.7 Å². The van der Waals surface area contributed by atoms with Gasteiger partial charge in [0.2, 0.25) is 0 Å². The average molecular weight is 308 g/mol. The Hall–Kier alpha value is -0.630. The second kappa shape index (κ2) is 5.78. The van der Waals surface area contributed by atoms with Gasteiger partial charge >= 0.3 is 0 Å². The maximum Gasteiger partial charge on any atom is 0.259 e. The van der Waals surface area contributed by atoms with E-state index >= 15 is 0 Å². The number of rotatable bonds is 4. The summed E-state index contributed by atoms with van der Waals surface area (Å²) in [7, 11) is -2.17. The van der Waals surface area contributed by atoms with Crippen molar-refractivity contribution in [1.29, 1.82) is 0 Å². The fraction of sp³-hybridized carbons (Fsp3) is 0.727. The highest BCUT2D eigenvalue weighted by Gasteiger charge is 2.27. The third-order valence-corrected chi connectivity index (χ3v) is 5.43. The van der Waals surface area contributed by atoms with Crippen molar-refractivity contribution in [2.75, 3.05) is 6.54 Å². The van der Waals surface area contributed by atoms with Gasteiger partial charge < -0.3 is 5.11 Å². The number of hydrogen-bond acceptors (Lipinski definition) is 4. The van der Waals surface area contributed by atoms with Crippen LogP contribution in [0.1, 0.15) is 25.7 Å². The molecule has 2 rings (SSSR count). The van der Waals surface area contributed by atoms with Gasteiger partial charge in [0.1, 0.15) is 0 Å². The summed E-state index contributed by atoms with van der Waals surface area (Å²) in [6.07, 6.45) is 4.46. The van der Waals surface area contributed by atoms with Crippen LogP contribution in [0.2, 0.25) is 5.02 Å². The number of halogens is 1. The number of aliphatic hydroxyl groups is 1. The minimum Gasteiger partial charge on any atom is -0.393 e. The highest BCUT2D eigenvalue weighted by Crippen LogP contribution is 2.25. The van der Waals surface area contributed by atoms with Gasteiger partial charge in [-0.25, -0.2) is 13.1 Å². The van der Waals surface area contributed by atoms with Crippen LogP contribution in [0.15, 0.2) is 11.2 Å². The molecule has 1 aromatic rings. The van der Waals surface area contributed by atoms with Gasteiger partial charge in [0, 0.05) is 13.6 Å². The SMILES string of the molecule is Cn1ncc(Cl)c1S(=O)(=O)NCC1CCCCC1O. The molecule has 0 radical (unpaired) electrons. The fourth-order valence-electron chi connectivity index (χ4n) is 2.41. The summed E-state index contributed by atoms with van der Waals surface area (Å²) in [5.41, 5.74) is 0. The Morgan fingerprint density at radius 2 is 2.21 bits per heavy atom. The van der Waals surface area contributed by atoms with Crippen molar-refractivity contribution in [3.05, 3.63) is 11.2 Å². The zero-order chi connectivity index (χ0) is 14.0. The Labute approximate surface area is 117 Å². The molecule has 6 nitrogen and oxygen atoms in total. The molecule has 0 aromatic carbocycles. The molecule has 2 atom stereocenters. The van der Waals surface area contributed by atoms with E-state index in [2.05, 4.69) is 9.82 Å². The minimum atomic E-state index is -3.69. The quantitative estimate of drug-likeness (QED) is 0.865. The molecule has 1 heterocycles. The van der Waals surface area contributed by atoms with Crippen molar-refractivity contribution in [2.45, 2.75) is 36.8 Å². The van der Waals surface area contributed by atoms with Gasteiger partial charge in [0.25, 0.3) is 10.0 Å². The van der Waals surface area contributed by atoms with E-state index in [9.17, 15) is 13.5 Å². The lowest BCUT2D eigenvalue weighted by Gasteiger charge is -2.27. The van der Waals surface area contributed by atoms with Crippen molar-refractivity contribution in [2.24, 2.45) is 13.0 Å². The van der Waals surface area contributed by atoms with E-state index in [1.54, 1.807) is 0 Å². The van der Waals surface area contributed by atoms with Crippen LogP contribution >= 0.6 is 11.6 Å². The molecule has 0 amide bonds. The molecule has 0 aliphatic heterocycles. The van der Waals surface area contributed by atoms with Crippen LogP contribution in [-0.4, -0.2) is 36.0 Å². The topological polar surface area (TPSA) is 84.2 Å². The van der Waals surface area contributed by atoms with Crippen molar-refractivity contribution in [3.8, 4) is 0 Å². The lowest BCUT2D eigenvalue weighted by Crippen LogP contribution is -2.37. The van der Waals surface area contributed by atoms with Crippen LogP contribution < -0.4 is 4.72 Å². The van der Waals surface area contributed by atoms with E-state index in [1.165, 1.54) is 17.9 Å². The zero-order valence-electron chi connectivity index (χ0n) is 10.7. The second-order valence-electron chi connectivity index (χ2n) is 4.89. The Kier molecular flexibility index (Phi) is 4.50. The predicted molar refractivity (Wildman–Crippen MR) is 71.4 cm³/mol. The summed E-state index contributed by atoms with van der Waals surface area (Å²) in [5, 5.41) is 13.7. The Bertz CT molecular complexity index is 524. The number of sulfonamides is 1. The number of aliphatic hydroxyl groups excluding tert-OH is 1. The fourth-order valence-corrected chi connectivity index (χ4v) is 4.16. The van der Waals surface area contributed by atoms with Crippen molar-refractivity contribution < 1.29 is 13.5 Å². The van der Waals surface area contributed by atoms with Crippen LogP contribution in [0.5, 0.6) is 0 Å². The molecule has 2 N–H and O–H groups in total. The lowest BCUT2D eigenvalue weighted by molar-refractivity contribution is 0.0724. The zero-order valence-corrected chi connectivity index (χ0v) is 12.3. The number of hydrogen-bond donors (Lipinski definition) is 2. The highest BCUT2D eigenvalue weighted by atomic mass is 35.5. The van der Waals surface area contributed by atoms with Crippen LogP contribution in [0.3, 0.4) is 0 Å². The van der Waals surface area contributed by atoms with Crippen LogP contribution in [0, 0.1) is 5.92 Å². The molecule has 2 unspecified atom stereocenters. The largest absolute Gasteiger partial charge is 0.393 e. The molecule has 1 aromatic heterocycles. The van der Waals surface area contributed by atoms with Gasteiger partial charge in [0.15, 0.2) is 5.03 Å². The molecular formula is C11H18ClN3O3S. The Morgan fingerprint density at radius 3 is 2.79 bits per heavy atom. The van der Waals surface area contributed by atoms with Crippen molar-refractivity contribution in [1.82, 2.24) is 14.5 Å². The molecule has 0 bridgehead atoms. The summed E-state index contributed by atoms with van der Waals surface area (Å²) in [4.78, 5) is 0. The molecule has 1 fully saturated rings. The van der Waals surface area contributed by atoms with Crippen LogP contribution in [-0.2, 0) is 17.1 Å². The lowest BCUT2D eigenvalue weighted by atomic mass is 9.87. The monoisotopic (exact) mass is 307 g/mol. The third kappa shape index (κ3) is 3.28. The van der Waals surface area contributed by atoms with E-state index < -0.39 is 16.1 Å². The summed E-state index contributed by atoms with van der Waals surface area (Å²) < 4.78 is 28.0. The first-order chi connectivity index (χ1) is 8.92. The molecule has 1 aliphatic rings. The Balaban J connectivity index is 2.06. The maximum atomic E-state index is 12.1. The summed E-state index contributed by atoms with van der Waals surface area (Å²) in [6.45, 7) is 0.227. The Morgan fingerprint density at radius 1 is 1.53 bits per heavy atom. The smallest absolute Gasteiger partial charge is 0.259 e. The van der Waals surface area contributed by atoms with E-state index in [4.69, 9.17) is 11.6 Å². The highest BCUT2D eigenvalue weighted by molar-refractivity contribution is 7.89. The summed E-state index contributed by atoms with van der Waals surface area (Å²) >= 11 is 5.83. The van der Waals surface area contributed by atoms with Gasteiger partial charge in [-0.15, -0.1) is 0 Å². The summed E-state index contributed by atoms with van der Waals surface area (Å²) in [6, 6.07) is 0. The first-order valence-corrected chi connectivity index (χ1v) is 8.13. The molecule has 8 heteroatoms. The summed E-state index contributed by atoms with van der Waals surface area (Å²) in [5.74, 6) is -0.0319. The first-order valence-electron chi connectivity index (χ1n) is 6.27. The van der Waals surface area contributed by atoms with E-state index in [-0.39, 0.29) is 22.5 Å². The van der Waals surface area contributed by atoms with Crippen molar-refractivity contribution >= 4 is 21.6 Å². The third-order valence-electron chi connectivity index (χ3n) is 3.50. The average Bonchev–Trinajstić information content (AvgIpc) is 2.69. The standard InChI is InChI=1S/C11H18ClN3O3S/c1-15-11(9(12)7-13-15)19(17,18)14-6-8-4-2-3-5-10(8)16/h7-8,10,14,16H,2-6H2,1H3. The van der Waals surface area contributed by atoms with Crippen molar-refractivity contribution in [3.63, 3.8) is 0 Å². The van der Waals surface area contributed by atoms with Crippen LogP contribution in [0.4, 0.5) is 0 Å². The van der Waals surface area contributed by atoms with Gasteiger partial charge in [0.05, 0.1) is 17.3 Å². The maximum absolute atomic E-state index is 12.1. The van der Waals surface area contributed by atoms with Gasteiger partial charge in [-0.3, -0.25) is 4.68 Å². The minimum absolute atomic E-state index is 0.0319. The molecule has 1 saturated carbocycles. The molecule has 0 saturated heterocycles. The molecule has 108 valence electrons. The first kappa shape index (κ1) is 14.8. The molecule has 1 aliphatic carbocycles. The van der Waals surface area contributed by atoms with E-state index in [0.29, 0.717) is 0 Å². The number of nitrogens with zero attached hydrogens (tertiary/aromatic N) is 2. The van der Waals surface area contributed by atoms with Gasteiger partial charge in [-0.2, -0.15) is 5.10 Å². The van der Waals surface area contributed by atoms with Gasteiger partial charge in [-0.1, -0.05) is 24.4 Å². The number of aryl methyl sites for hydroxylation is 1. The van der Waals surface area contributed by atoms with E-state index in [1.807, 2.05) is 0 Å². The predicted octanol–water partition coefficient (Wildman–Crippen LogP) is 0.903. The van der Waals surface area contributed by atoms with Gasteiger partial charge in [-0.05, 0) is 18.8 Å². The number of aromatic nitrogens is 2. The molecule has 0 spiro atoms. The molecular weight excluding hydrogens is 290 g/mol. The van der Waals surface area contributed by atoms with Crippen LogP contribution in [0.25, 0.3) is 0 Å². The normalized spacial score (nSPS) is 24.6. The number of nitrogens with one attached hydrogen (secondary N) is 1. The second-order valence-corrected chi connectivity index (χ2v) is 6.97.